The molecule has 2 atom stereocenters. The summed E-state index contributed by atoms with van der Waals surface area (Å²) in [7, 11) is 0. The SMILES string of the molecule is C/C(=N\NC(=O)C1CC1c1ccccc1)c1ccc(N)cc1. The van der Waals surface area contributed by atoms with Crippen LogP contribution < -0.4 is 11.2 Å². The van der Waals surface area contributed by atoms with Gasteiger partial charge in [-0.2, -0.15) is 5.10 Å². The molecule has 4 nitrogen and oxygen atoms in total. The van der Waals surface area contributed by atoms with Crippen LogP contribution in [0, 0.1) is 5.92 Å². The summed E-state index contributed by atoms with van der Waals surface area (Å²) < 4.78 is 0. The van der Waals surface area contributed by atoms with Crippen LogP contribution in [-0.2, 0) is 4.79 Å². The highest BCUT2D eigenvalue weighted by Gasteiger charge is 2.43. The molecule has 1 amide bonds. The van der Waals surface area contributed by atoms with Crippen LogP contribution in [0.25, 0.3) is 0 Å². The van der Waals surface area contributed by atoms with Gasteiger partial charge in [0.05, 0.1) is 5.71 Å². The normalized spacial score (nSPS) is 20.5. The van der Waals surface area contributed by atoms with Crippen molar-refractivity contribution < 1.29 is 4.79 Å². The van der Waals surface area contributed by atoms with Crippen molar-refractivity contribution >= 4 is 17.3 Å². The highest BCUT2D eigenvalue weighted by molar-refractivity contribution is 5.99. The maximum absolute atomic E-state index is 12.1. The summed E-state index contributed by atoms with van der Waals surface area (Å²) in [6, 6.07) is 17.6. The number of nitrogens with two attached hydrogens (primary N) is 1. The molecule has 1 aliphatic carbocycles. The van der Waals surface area contributed by atoms with Crippen LogP contribution in [0.4, 0.5) is 5.69 Å². The number of nitrogen functional groups attached to an aromatic ring is 1. The van der Waals surface area contributed by atoms with Gasteiger partial charge in [0.15, 0.2) is 0 Å². The molecule has 4 heteroatoms. The third-order valence-corrected chi connectivity index (χ3v) is 4.02. The molecule has 0 saturated heterocycles. The van der Waals surface area contributed by atoms with Gasteiger partial charge in [0.25, 0.3) is 0 Å². The van der Waals surface area contributed by atoms with Crippen molar-refractivity contribution in [1.29, 1.82) is 0 Å². The van der Waals surface area contributed by atoms with Gasteiger partial charge in [0.2, 0.25) is 5.91 Å². The summed E-state index contributed by atoms with van der Waals surface area (Å²) in [6.07, 6.45) is 0.895. The van der Waals surface area contributed by atoms with Gasteiger partial charge in [0.1, 0.15) is 0 Å². The summed E-state index contributed by atoms with van der Waals surface area (Å²) in [5.41, 5.74) is 12.0. The molecule has 112 valence electrons. The first kappa shape index (κ1) is 14.3. The van der Waals surface area contributed by atoms with E-state index in [4.69, 9.17) is 5.73 Å². The maximum atomic E-state index is 12.1. The Morgan fingerprint density at radius 1 is 1.14 bits per heavy atom. The Morgan fingerprint density at radius 2 is 1.82 bits per heavy atom. The zero-order chi connectivity index (χ0) is 15.5. The molecule has 2 unspecified atom stereocenters. The maximum Gasteiger partial charge on any atom is 0.243 e. The molecule has 0 radical (unpaired) electrons. The average Bonchev–Trinajstić information content (AvgIpc) is 3.34. The Hall–Kier alpha value is -2.62. The van der Waals surface area contributed by atoms with Gasteiger partial charge in [-0.25, -0.2) is 5.43 Å². The number of amides is 1. The van der Waals surface area contributed by atoms with Crippen molar-refractivity contribution in [3.05, 3.63) is 65.7 Å². The van der Waals surface area contributed by atoms with Crippen molar-refractivity contribution in [2.45, 2.75) is 19.3 Å². The summed E-state index contributed by atoms with van der Waals surface area (Å²) in [5, 5.41) is 4.19. The van der Waals surface area contributed by atoms with Gasteiger partial charge in [0, 0.05) is 11.6 Å². The largest absolute Gasteiger partial charge is 0.399 e. The number of nitrogens with one attached hydrogen (secondary N) is 1. The molecule has 0 heterocycles. The summed E-state index contributed by atoms with van der Waals surface area (Å²) in [4.78, 5) is 12.1. The number of hydrogen-bond acceptors (Lipinski definition) is 3. The topological polar surface area (TPSA) is 67.5 Å². The first-order chi connectivity index (χ1) is 10.6. The van der Waals surface area contributed by atoms with Crippen molar-refractivity contribution in [3.8, 4) is 0 Å². The third kappa shape index (κ3) is 3.17. The molecular weight excluding hydrogens is 274 g/mol. The Morgan fingerprint density at radius 3 is 2.50 bits per heavy atom. The van der Waals surface area contributed by atoms with E-state index in [1.54, 1.807) is 0 Å². The van der Waals surface area contributed by atoms with Crippen molar-refractivity contribution in [2.75, 3.05) is 5.73 Å². The predicted octanol–water partition coefficient (Wildman–Crippen LogP) is 2.91. The summed E-state index contributed by atoms with van der Waals surface area (Å²) in [5.74, 6) is 0.349. The standard InChI is InChI=1S/C18H19N3O/c1-12(13-7-9-15(19)10-8-13)20-21-18(22)17-11-16(17)14-5-3-2-4-6-14/h2-10,16-17H,11,19H2,1H3,(H,21,22)/b20-12+. The van der Waals surface area contributed by atoms with Crippen LogP contribution in [0.2, 0.25) is 0 Å². The molecule has 0 bridgehead atoms. The number of rotatable bonds is 4. The van der Waals surface area contributed by atoms with Gasteiger partial charge in [-0.1, -0.05) is 42.5 Å². The van der Waals surface area contributed by atoms with Crippen LogP contribution in [-0.4, -0.2) is 11.6 Å². The number of hydrazone groups is 1. The number of anilines is 1. The minimum atomic E-state index is -0.0105. The van der Waals surface area contributed by atoms with Crippen LogP contribution >= 0.6 is 0 Å². The fourth-order valence-corrected chi connectivity index (χ4v) is 2.56. The lowest BCUT2D eigenvalue weighted by Gasteiger charge is -2.03. The monoisotopic (exact) mass is 293 g/mol. The highest BCUT2D eigenvalue weighted by Crippen LogP contribution is 2.47. The molecule has 1 fully saturated rings. The molecule has 0 aliphatic heterocycles. The Bertz CT molecular complexity index is 692. The van der Waals surface area contributed by atoms with E-state index in [0.717, 1.165) is 17.7 Å². The quantitative estimate of drug-likeness (QED) is 0.517. The van der Waals surface area contributed by atoms with Gasteiger partial charge in [-0.15, -0.1) is 0 Å². The molecule has 1 aliphatic rings. The number of nitrogens with zero attached hydrogens (tertiary/aromatic N) is 1. The average molecular weight is 293 g/mol. The molecule has 3 rings (SSSR count). The first-order valence-electron chi connectivity index (χ1n) is 7.40. The minimum Gasteiger partial charge on any atom is -0.399 e. The fourth-order valence-electron chi connectivity index (χ4n) is 2.56. The van der Waals surface area contributed by atoms with Crippen LogP contribution in [0.15, 0.2) is 59.7 Å². The highest BCUT2D eigenvalue weighted by atomic mass is 16.2. The number of carbonyl (C=O) groups excluding carboxylic acids is 1. The molecule has 2 aromatic rings. The van der Waals surface area contributed by atoms with Crippen molar-refractivity contribution in [1.82, 2.24) is 5.43 Å². The number of hydrogen-bond donors (Lipinski definition) is 2. The molecule has 22 heavy (non-hydrogen) atoms. The first-order valence-corrected chi connectivity index (χ1v) is 7.40. The fraction of sp³-hybridized carbons (Fsp3) is 0.222. The zero-order valence-corrected chi connectivity index (χ0v) is 12.5. The van der Waals surface area contributed by atoms with E-state index in [9.17, 15) is 4.79 Å². The second-order valence-electron chi connectivity index (χ2n) is 5.65. The number of benzene rings is 2. The van der Waals surface area contributed by atoms with Gasteiger partial charge in [-0.05, 0) is 42.5 Å². The Labute approximate surface area is 130 Å². The van der Waals surface area contributed by atoms with E-state index < -0.39 is 0 Å². The van der Waals surface area contributed by atoms with E-state index in [1.807, 2.05) is 49.4 Å². The zero-order valence-electron chi connectivity index (χ0n) is 12.5. The second kappa shape index (κ2) is 6.02. The van der Waals surface area contributed by atoms with Gasteiger partial charge >= 0.3 is 0 Å². The van der Waals surface area contributed by atoms with Crippen molar-refractivity contribution in [3.63, 3.8) is 0 Å². The smallest absolute Gasteiger partial charge is 0.243 e. The van der Waals surface area contributed by atoms with Crippen LogP contribution in [0.3, 0.4) is 0 Å². The van der Waals surface area contributed by atoms with Crippen LogP contribution in [0.5, 0.6) is 0 Å². The predicted molar refractivity (Wildman–Crippen MR) is 88.5 cm³/mol. The van der Waals surface area contributed by atoms with Crippen molar-refractivity contribution in [2.24, 2.45) is 11.0 Å². The lowest BCUT2D eigenvalue weighted by molar-refractivity contribution is -0.122. The van der Waals surface area contributed by atoms with E-state index in [2.05, 4.69) is 22.7 Å². The van der Waals surface area contributed by atoms with Gasteiger partial charge < -0.3 is 5.73 Å². The van der Waals surface area contributed by atoms with E-state index in [0.29, 0.717) is 11.6 Å². The Balaban J connectivity index is 1.59. The second-order valence-corrected chi connectivity index (χ2v) is 5.65. The van der Waals surface area contributed by atoms with E-state index >= 15 is 0 Å². The summed E-state index contributed by atoms with van der Waals surface area (Å²) >= 11 is 0. The molecule has 2 aromatic carbocycles. The van der Waals surface area contributed by atoms with E-state index in [1.165, 1.54) is 5.56 Å². The lowest BCUT2D eigenvalue weighted by Crippen LogP contribution is -2.21. The molecule has 0 aromatic heterocycles. The molecular formula is C18H19N3O. The minimum absolute atomic E-state index is 0.0105. The van der Waals surface area contributed by atoms with Crippen LogP contribution in [0.1, 0.15) is 30.4 Å². The molecule has 1 saturated carbocycles. The third-order valence-electron chi connectivity index (χ3n) is 4.02. The van der Waals surface area contributed by atoms with E-state index in [-0.39, 0.29) is 11.8 Å². The summed E-state index contributed by atoms with van der Waals surface area (Å²) in [6.45, 7) is 1.87. The van der Waals surface area contributed by atoms with Gasteiger partial charge in [-0.3, -0.25) is 4.79 Å². The lowest BCUT2D eigenvalue weighted by atomic mass is 10.1. The Kier molecular flexibility index (Phi) is 3.92. The molecule has 3 N–H and O–H groups in total. The molecule has 0 spiro atoms. The number of carbonyl (C=O) groups is 1.